The van der Waals surface area contributed by atoms with Gasteiger partial charge in [-0.05, 0) is 44.7 Å². The van der Waals surface area contributed by atoms with E-state index in [1.165, 1.54) is 5.69 Å². The molecular formula is C24H27N5O4S. The number of carbonyl (C=O) groups is 2. The minimum absolute atomic E-state index is 0.184. The highest BCUT2D eigenvalue weighted by atomic mass is 32.1. The Balaban J connectivity index is 1.36. The van der Waals surface area contributed by atoms with Crippen molar-refractivity contribution in [3.05, 3.63) is 51.9 Å². The SMILES string of the molecule is Cc1nc(-c2ccc(N3CCC(Cc4nc(C)c(O)c(C(=O)NCC(=O)O)n4)CC3)cc2)cs1. The van der Waals surface area contributed by atoms with Crippen molar-refractivity contribution in [3.8, 4) is 17.0 Å². The molecule has 2 aromatic heterocycles. The molecule has 0 saturated carbocycles. The molecule has 3 aromatic rings. The maximum absolute atomic E-state index is 12.2. The zero-order chi connectivity index (χ0) is 24.2. The highest BCUT2D eigenvalue weighted by Crippen LogP contribution is 2.29. The van der Waals surface area contributed by atoms with Crippen LogP contribution in [0, 0.1) is 19.8 Å². The van der Waals surface area contributed by atoms with Gasteiger partial charge in [-0.3, -0.25) is 9.59 Å². The zero-order valence-corrected chi connectivity index (χ0v) is 19.9. The van der Waals surface area contributed by atoms with Crippen molar-refractivity contribution in [2.45, 2.75) is 33.1 Å². The van der Waals surface area contributed by atoms with Gasteiger partial charge in [-0.1, -0.05) is 12.1 Å². The summed E-state index contributed by atoms with van der Waals surface area (Å²) >= 11 is 1.65. The molecular weight excluding hydrogens is 454 g/mol. The van der Waals surface area contributed by atoms with Crippen molar-refractivity contribution in [2.75, 3.05) is 24.5 Å². The third-order valence-electron chi connectivity index (χ3n) is 5.95. The van der Waals surface area contributed by atoms with Crippen molar-refractivity contribution in [1.29, 1.82) is 0 Å². The third kappa shape index (κ3) is 5.51. The van der Waals surface area contributed by atoms with Crippen LogP contribution in [0.5, 0.6) is 5.75 Å². The molecule has 10 heteroatoms. The minimum atomic E-state index is -1.17. The number of carbonyl (C=O) groups excluding carboxylic acids is 1. The Labute approximate surface area is 201 Å². The fourth-order valence-corrected chi connectivity index (χ4v) is 4.73. The number of rotatable bonds is 7. The predicted molar refractivity (Wildman–Crippen MR) is 129 cm³/mol. The maximum Gasteiger partial charge on any atom is 0.322 e. The van der Waals surface area contributed by atoms with Crippen molar-refractivity contribution in [1.82, 2.24) is 20.3 Å². The maximum atomic E-state index is 12.2. The molecule has 3 N–H and O–H groups in total. The number of hydrogen-bond donors (Lipinski definition) is 3. The van der Waals surface area contributed by atoms with Crippen LogP contribution in [0.15, 0.2) is 29.6 Å². The van der Waals surface area contributed by atoms with Gasteiger partial charge in [0, 0.05) is 36.1 Å². The molecule has 1 aliphatic rings. The molecule has 3 heterocycles. The lowest BCUT2D eigenvalue weighted by Crippen LogP contribution is -2.34. The Hall–Kier alpha value is -3.53. The highest BCUT2D eigenvalue weighted by Gasteiger charge is 2.23. The standard InChI is InChI=1S/C24H27N5O4S/c1-14-23(32)22(24(33)25-12-21(30)31)28-20(26-14)11-16-7-9-29(10-8-16)18-5-3-17(4-6-18)19-13-34-15(2)27-19/h3-6,13,16,32H,7-12H2,1-2H3,(H,25,33)(H,30,31). The number of aliphatic carboxylic acids is 1. The van der Waals surface area contributed by atoms with Crippen LogP contribution in [0.3, 0.4) is 0 Å². The number of thiazole rings is 1. The van der Waals surface area contributed by atoms with Crippen LogP contribution < -0.4 is 10.2 Å². The van der Waals surface area contributed by atoms with E-state index < -0.39 is 18.4 Å². The lowest BCUT2D eigenvalue weighted by Gasteiger charge is -2.33. The Morgan fingerprint density at radius 2 is 1.82 bits per heavy atom. The van der Waals surface area contributed by atoms with E-state index in [4.69, 9.17) is 5.11 Å². The highest BCUT2D eigenvalue weighted by molar-refractivity contribution is 7.09. The topological polar surface area (TPSA) is 129 Å². The van der Waals surface area contributed by atoms with E-state index in [-0.39, 0.29) is 11.4 Å². The first-order valence-electron chi connectivity index (χ1n) is 11.1. The van der Waals surface area contributed by atoms with Gasteiger partial charge in [0.05, 0.1) is 16.4 Å². The van der Waals surface area contributed by atoms with Crippen LogP contribution >= 0.6 is 11.3 Å². The lowest BCUT2D eigenvalue weighted by molar-refractivity contribution is -0.135. The molecule has 34 heavy (non-hydrogen) atoms. The number of amides is 1. The molecule has 0 unspecified atom stereocenters. The Bertz CT molecular complexity index is 1190. The van der Waals surface area contributed by atoms with Crippen LogP contribution in [-0.2, 0) is 11.2 Å². The second-order valence-electron chi connectivity index (χ2n) is 8.43. The number of aryl methyl sites for hydroxylation is 2. The first-order chi connectivity index (χ1) is 16.3. The van der Waals surface area contributed by atoms with Gasteiger partial charge < -0.3 is 20.4 Å². The molecule has 0 aliphatic carbocycles. The van der Waals surface area contributed by atoms with Crippen molar-refractivity contribution in [3.63, 3.8) is 0 Å². The average molecular weight is 482 g/mol. The molecule has 1 fully saturated rings. The summed E-state index contributed by atoms with van der Waals surface area (Å²) in [5.74, 6) is -1.38. The number of aromatic hydroxyl groups is 1. The number of aromatic nitrogens is 3. The number of nitrogens with one attached hydrogen (secondary N) is 1. The van der Waals surface area contributed by atoms with E-state index in [1.807, 2.05) is 6.92 Å². The minimum Gasteiger partial charge on any atom is -0.504 e. The second-order valence-corrected chi connectivity index (χ2v) is 9.49. The molecule has 0 spiro atoms. The van der Waals surface area contributed by atoms with Crippen molar-refractivity contribution in [2.24, 2.45) is 5.92 Å². The zero-order valence-electron chi connectivity index (χ0n) is 19.1. The number of carboxylic acid groups (broad SMARTS) is 1. The largest absolute Gasteiger partial charge is 0.504 e. The third-order valence-corrected chi connectivity index (χ3v) is 6.73. The lowest BCUT2D eigenvalue weighted by atomic mass is 9.92. The summed E-state index contributed by atoms with van der Waals surface area (Å²) < 4.78 is 0. The van der Waals surface area contributed by atoms with Crippen LogP contribution in [0.4, 0.5) is 5.69 Å². The van der Waals surface area contributed by atoms with Gasteiger partial charge in [0.2, 0.25) is 0 Å². The quantitative estimate of drug-likeness (QED) is 0.469. The first kappa shape index (κ1) is 23.6. The Morgan fingerprint density at radius 3 is 2.44 bits per heavy atom. The van der Waals surface area contributed by atoms with Gasteiger partial charge in [0.1, 0.15) is 12.4 Å². The van der Waals surface area contributed by atoms with Crippen LogP contribution in [-0.4, -0.2) is 56.7 Å². The summed E-state index contributed by atoms with van der Waals surface area (Å²) in [5, 5.41) is 24.3. The molecule has 0 bridgehead atoms. The summed E-state index contributed by atoms with van der Waals surface area (Å²) in [5.41, 5.74) is 3.43. The van der Waals surface area contributed by atoms with E-state index in [0.29, 0.717) is 23.9 Å². The number of benzene rings is 1. The number of nitrogens with zero attached hydrogens (tertiary/aromatic N) is 4. The monoisotopic (exact) mass is 481 g/mol. The van der Waals surface area contributed by atoms with Crippen LogP contribution in [0.2, 0.25) is 0 Å². The number of piperidine rings is 1. The number of carboxylic acids is 1. The van der Waals surface area contributed by atoms with Gasteiger partial charge in [-0.25, -0.2) is 15.0 Å². The number of anilines is 1. The summed E-state index contributed by atoms with van der Waals surface area (Å²) in [7, 11) is 0. The summed E-state index contributed by atoms with van der Waals surface area (Å²) in [6.45, 7) is 4.88. The predicted octanol–water partition coefficient (Wildman–Crippen LogP) is 3.20. The smallest absolute Gasteiger partial charge is 0.322 e. The fourth-order valence-electron chi connectivity index (χ4n) is 4.11. The van der Waals surface area contributed by atoms with E-state index in [9.17, 15) is 14.7 Å². The molecule has 1 aliphatic heterocycles. The van der Waals surface area contributed by atoms with Crippen molar-refractivity contribution >= 4 is 28.9 Å². The average Bonchev–Trinajstić information content (AvgIpc) is 3.26. The molecule has 9 nitrogen and oxygen atoms in total. The molecule has 4 rings (SSSR count). The summed E-state index contributed by atoms with van der Waals surface area (Å²) in [6, 6.07) is 8.50. The van der Waals surface area contributed by atoms with Crippen LogP contribution in [0.1, 0.15) is 39.9 Å². The van der Waals surface area contributed by atoms with E-state index in [1.54, 1.807) is 18.3 Å². The molecule has 0 radical (unpaired) electrons. The molecule has 1 amide bonds. The van der Waals surface area contributed by atoms with Crippen molar-refractivity contribution < 1.29 is 19.8 Å². The summed E-state index contributed by atoms with van der Waals surface area (Å²) in [4.78, 5) is 38.5. The molecule has 1 saturated heterocycles. The van der Waals surface area contributed by atoms with Crippen LogP contribution in [0.25, 0.3) is 11.3 Å². The number of hydrogen-bond acceptors (Lipinski definition) is 8. The van der Waals surface area contributed by atoms with Gasteiger partial charge in [-0.2, -0.15) is 0 Å². The molecule has 178 valence electrons. The van der Waals surface area contributed by atoms with E-state index >= 15 is 0 Å². The van der Waals surface area contributed by atoms with Gasteiger partial charge in [0.25, 0.3) is 5.91 Å². The Morgan fingerprint density at radius 1 is 1.12 bits per heavy atom. The van der Waals surface area contributed by atoms with E-state index in [0.717, 1.165) is 42.2 Å². The molecule has 1 aromatic carbocycles. The van der Waals surface area contributed by atoms with Gasteiger partial charge in [-0.15, -0.1) is 11.3 Å². The molecule has 0 atom stereocenters. The normalized spacial score (nSPS) is 14.2. The first-order valence-corrected chi connectivity index (χ1v) is 12.0. The Kier molecular flexibility index (Phi) is 7.06. The summed E-state index contributed by atoms with van der Waals surface area (Å²) in [6.07, 6.45) is 2.50. The fraction of sp³-hybridized carbons (Fsp3) is 0.375. The van der Waals surface area contributed by atoms with Gasteiger partial charge in [0.15, 0.2) is 11.4 Å². The second kappa shape index (κ2) is 10.2. The van der Waals surface area contributed by atoms with E-state index in [2.05, 4.69) is 54.8 Å². The van der Waals surface area contributed by atoms with Gasteiger partial charge >= 0.3 is 5.97 Å².